The van der Waals surface area contributed by atoms with Crippen molar-refractivity contribution in [1.82, 2.24) is 4.98 Å². The van der Waals surface area contributed by atoms with E-state index in [-0.39, 0.29) is 17.4 Å². The lowest BCUT2D eigenvalue weighted by Crippen LogP contribution is -2.13. The van der Waals surface area contributed by atoms with E-state index in [1.807, 2.05) is 29.6 Å². The Balaban J connectivity index is 1.57. The molecule has 2 N–H and O–H groups in total. The summed E-state index contributed by atoms with van der Waals surface area (Å²) in [5.41, 5.74) is 2.53. The van der Waals surface area contributed by atoms with E-state index >= 15 is 0 Å². The number of benzene rings is 2. The zero-order valence-corrected chi connectivity index (χ0v) is 15.6. The van der Waals surface area contributed by atoms with Crippen LogP contribution in [-0.2, 0) is 4.79 Å². The van der Waals surface area contributed by atoms with Crippen LogP contribution in [0.5, 0.6) is 5.75 Å². The Morgan fingerprint density at radius 1 is 1.25 bits per heavy atom. The molecule has 0 bridgehead atoms. The topological polar surface area (TPSA) is 62.2 Å². The van der Waals surface area contributed by atoms with Crippen LogP contribution >= 0.6 is 39.0 Å². The Morgan fingerprint density at radius 2 is 2.04 bits per heavy atom. The zero-order chi connectivity index (χ0) is 16.9. The first-order chi connectivity index (χ1) is 11.6. The van der Waals surface area contributed by atoms with Gasteiger partial charge in [-0.25, -0.2) is 4.98 Å². The van der Waals surface area contributed by atoms with Crippen molar-refractivity contribution < 1.29 is 9.90 Å². The van der Waals surface area contributed by atoms with Crippen molar-refractivity contribution in [2.45, 2.75) is 4.34 Å². The number of nitrogens with one attached hydrogen (secondary N) is 1. The molecule has 0 aliphatic rings. The van der Waals surface area contributed by atoms with Gasteiger partial charge in [-0.2, -0.15) is 0 Å². The fourth-order valence-corrected chi connectivity index (χ4v) is 3.88. The van der Waals surface area contributed by atoms with Crippen LogP contribution in [0.25, 0.3) is 11.3 Å². The molecule has 24 heavy (non-hydrogen) atoms. The van der Waals surface area contributed by atoms with E-state index in [1.54, 1.807) is 18.2 Å². The molecule has 0 unspecified atom stereocenters. The standard InChI is InChI=1S/C17H13BrN2O2S2/c18-12-6-4-11(5-7-12)15-9-23-17(20-15)24-10-16(22)19-13-2-1-3-14(21)8-13/h1-9,21H,10H2,(H,19,22). The average Bonchev–Trinajstić information content (AvgIpc) is 3.03. The second kappa shape index (κ2) is 7.83. The number of anilines is 1. The first-order valence-corrected chi connectivity index (χ1v) is 9.69. The fourth-order valence-electron chi connectivity index (χ4n) is 1.98. The van der Waals surface area contributed by atoms with E-state index in [9.17, 15) is 9.90 Å². The molecular formula is C17H13BrN2O2S2. The predicted octanol–water partition coefficient (Wildman–Crippen LogP) is 5.01. The molecule has 0 atom stereocenters. The third kappa shape index (κ3) is 4.59. The summed E-state index contributed by atoms with van der Waals surface area (Å²) >= 11 is 6.33. The van der Waals surface area contributed by atoms with Gasteiger partial charge >= 0.3 is 0 Å². The maximum Gasteiger partial charge on any atom is 0.234 e. The number of phenolic OH excluding ortho intramolecular Hbond substituents is 1. The molecule has 0 saturated carbocycles. The number of hydrogen-bond acceptors (Lipinski definition) is 5. The van der Waals surface area contributed by atoms with Crippen LogP contribution in [0.15, 0.2) is 62.7 Å². The van der Waals surface area contributed by atoms with Gasteiger partial charge in [0.25, 0.3) is 0 Å². The van der Waals surface area contributed by atoms with Crippen molar-refractivity contribution in [1.29, 1.82) is 0 Å². The van der Waals surface area contributed by atoms with Crippen LogP contribution in [0, 0.1) is 0 Å². The molecule has 122 valence electrons. The molecule has 0 aliphatic carbocycles. The van der Waals surface area contributed by atoms with Crippen molar-refractivity contribution in [2.75, 3.05) is 11.1 Å². The zero-order valence-electron chi connectivity index (χ0n) is 12.4. The van der Waals surface area contributed by atoms with Crippen LogP contribution in [0.2, 0.25) is 0 Å². The van der Waals surface area contributed by atoms with Gasteiger partial charge in [-0.15, -0.1) is 11.3 Å². The van der Waals surface area contributed by atoms with Gasteiger partial charge in [0.1, 0.15) is 5.75 Å². The summed E-state index contributed by atoms with van der Waals surface area (Å²) in [6.45, 7) is 0. The molecule has 0 aliphatic heterocycles. The number of halogens is 1. The summed E-state index contributed by atoms with van der Waals surface area (Å²) < 4.78 is 1.87. The SMILES string of the molecule is O=C(CSc1nc(-c2ccc(Br)cc2)cs1)Nc1cccc(O)c1. The Hall–Kier alpha value is -1.83. The summed E-state index contributed by atoms with van der Waals surface area (Å²) in [6, 6.07) is 14.4. The molecule has 4 nitrogen and oxygen atoms in total. The molecule has 0 fully saturated rings. The first kappa shape index (κ1) is 17.0. The number of aromatic hydroxyl groups is 1. The van der Waals surface area contributed by atoms with Crippen molar-refractivity contribution in [2.24, 2.45) is 0 Å². The minimum absolute atomic E-state index is 0.125. The van der Waals surface area contributed by atoms with E-state index in [2.05, 4.69) is 26.2 Å². The molecule has 0 spiro atoms. The molecular weight excluding hydrogens is 408 g/mol. The molecule has 3 aromatic rings. The summed E-state index contributed by atoms with van der Waals surface area (Å²) in [6.07, 6.45) is 0. The number of phenols is 1. The molecule has 2 aromatic carbocycles. The van der Waals surface area contributed by atoms with Gasteiger partial charge in [-0.1, -0.05) is 45.9 Å². The van der Waals surface area contributed by atoms with Gasteiger partial charge in [0.05, 0.1) is 11.4 Å². The van der Waals surface area contributed by atoms with Crippen LogP contribution in [0.4, 0.5) is 5.69 Å². The van der Waals surface area contributed by atoms with E-state index in [0.717, 1.165) is 20.1 Å². The largest absolute Gasteiger partial charge is 0.508 e. The minimum Gasteiger partial charge on any atom is -0.508 e. The van der Waals surface area contributed by atoms with Gasteiger partial charge < -0.3 is 10.4 Å². The second-order valence-corrected chi connectivity index (χ2v) is 7.89. The molecule has 7 heteroatoms. The average molecular weight is 421 g/mol. The van der Waals surface area contributed by atoms with Crippen LogP contribution in [0.3, 0.4) is 0 Å². The maximum atomic E-state index is 12.0. The Bertz CT molecular complexity index is 850. The van der Waals surface area contributed by atoms with Crippen molar-refractivity contribution >= 4 is 50.6 Å². The number of nitrogens with zero attached hydrogens (tertiary/aromatic N) is 1. The summed E-state index contributed by atoms with van der Waals surface area (Å²) in [4.78, 5) is 16.5. The number of amides is 1. The number of carbonyl (C=O) groups excluding carboxylic acids is 1. The maximum absolute atomic E-state index is 12.0. The Kier molecular flexibility index (Phi) is 5.55. The summed E-state index contributed by atoms with van der Waals surface area (Å²) in [5, 5.41) is 14.1. The smallest absolute Gasteiger partial charge is 0.234 e. The highest BCUT2D eigenvalue weighted by Gasteiger charge is 2.08. The lowest BCUT2D eigenvalue weighted by Gasteiger charge is -2.04. The first-order valence-electron chi connectivity index (χ1n) is 7.03. The number of thioether (sulfide) groups is 1. The number of carbonyl (C=O) groups is 1. The lowest BCUT2D eigenvalue weighted by molar-refractivity contribution is -0.113. The molecule has 1 heterocycles. The van der Waals surface area contributed by atoms with E-state index < -0.39 is 0 Å². The Morgan fingerprint density at radius 3 is 2.79 bits per heavy atom. The quantitative estimate of drug-likeness (QED) is 0.569. The van der Waals surface area contributed by atoms with Crippen LogP contribution < -0.4 is 5.32 Å². The van der Waals surface area contributed by atoms with E-state index in [0.29, 0.717) is 5.69 Å². The Labute approximate surface area is 156 Å². The third-order valence-electron chi connectivity index (χ3n) is 3.08. The van der Waals surface area contributed by atoms with E-state index in [1.165, 1.54) is 29.2 Å². The molecule has 0 saturated heterocycles. The molecule has 1 amide bonds. The van der Waals surface area contributed by atoms with Crippen LogP contribution in [0.1, 0.15) is 0 Å². The highest BCUT2D eigenvalue weighted by atomic mass is 79.9. The molecule has 1 aromatic heterocycles. The van der Waals surface area contributed by atoms with Gasteiger partial charge in [0.15, 0.2) is 4.34 Å². The normalized spacial score (nSPS) is 10.5. The number of rotatable bonds is 5. The predicted molar refractivity (Wildman–Crippen MR) is 103 cm³/mol. The van der Waals surface area contributed by atoms with Crippen molar-refractivity contribution in [3.63, 3.8) is 0 Å². The van der Waals surface area contributed by atoms with Crippen molar-refractivity contribution in [3.05, 3.63) is 58.4 Å². The fraction of sp³-hybridized carbons (Fsp3) is 0.0588. The monoisotopic (exact) mass is 420 g/mol. The highest BCUT2D eigenvalue weighted by Crippen LogP contribution is 2.29. The number of hydrogen-bond donors (Lipinski definition) is 2. The molecule has 3 rings (SSSR count). The molecule has 0 radical (unpaired) electrons. The van der Waals surface area contributed by atoms with Gasteiger partial charge in [-0.3, -0.25) is 4.79 Å². The van der Waals surface area contributed by atoms with Gasteiger partial charge in [-0.05, 0) is 24.3 Å². The van der Waals surface area contributed by atoms with E-state index in [4.69, 9.17) is 0 Å². The third-order valence-corrected chi connectivity index (χ3v) is 5.63. The number of aromatic nitrogens is 1. The van der Waals surface area contributed by atoms with Crippen molar-refractivity contribution in [3.8, 4) is 17.0 Å². The summed E-state index contributed by atoms with van der Waals surface area (Å²) in [5.74, 6) is 0.258. The van der Waals surface area contributed by atoms with Gasteiger partial charge in [0.2, 0.25) is 5.91 Å². The highest BCUT2D eigenvalue weighted by molar-refractivity contribution is 9.10. The second-order valence-electron chi connectivity index (χ2n) is 4.89. The van der Waals surface area contributed by atoms with Crippen LogP contribution in [-0.4, -0.2) is 21.8 Å². The number of thiazole rings is 1. The minimum atomic E-state index is -0.133. The summed E-state index contributed by atoms with van der Waals surface area (Å²) in [7, 11) is 0. The van der Waals surface area contributed by atoms with Gasteiger partial charge in [0, 0.05) is 27.2 Å². The lowest BCUT2D eigenvalue weighted by atomic mass is 10.2.